The van der Waals surface area contributed by atoms with Crippen molar-refractivity contribution in [1.29, 1.82) is 0 Å². The molecule has 1 amide bonds. The second-order valence-electron chi connectivity index (χ2n) is 7.76. The zero-order chi connectivity index (χ0) is 24.4. The van der Waals surface area contributed by atoms with E-state index in [-0.39, 0.29) is 23.1 Å². The fourth-order valence-corrected chi connectivity index (χ4v) is 4.40. The molecule has 1 aliphatic rings. The van der Waals surface area contributed by atoms with Gasteiger partial charge in [-0.2, -0.15) is 0 Å². The molecule has 1 aliphatic heterocycles. The van der Waals surface area contributed by atoms with Crippen LogP contribution in [0.25, 0.3) is 0 Å². The van der Waals surface area contributed by atoms with Gasteiger partial charge >= 0.3 is 5.97 Å². The van der Waals surface area contributed by atoms with Gasteiger partial charge in [-0.15, -0.1) is 6.58 Å². The third-order valence-corrected chi connectivity index (χ3v) is 6.59. The molecule has 0 bridgehead atoms. The van der Waals surface area contributed by atoms with Crippen LogP contribution in [0.2, 0.25) is 0 Å². The molecule has 0 aromatic heterocycles. The Kier molecular flexibility index (Phi) is 9.34. The van der Waals surface area contributed by atoms with Gasteiger partial charge in [-0.25, -0.2) is 17.9 Å². The number of hydrogen-bond donors (Lipinski definition) is 2. The molecular formula is C24H29N3O6S. The molecular weight excluding hydrogens is 458 g/mol. The van der Waals surface area contributed by atoms with Crippen LogP contribution in [0.5, 0.6) is 0 Å². The van der Waals surface area contributed by atoms with Crippen molar-refractivity contribution in [2.75, 3.05) is 39.4 Å². The number of carbonyl (C=O) groups excluding carboxylic acids is 2. The molecule has 0 saturated carbocycles. The fourth-order valence-electron chi connectivity index (χ4n) is 3.40. The number of amides is 1. The SMILES string of the molecule is C=CCNS(=O)(=O)c1ccc(C(=O)OCC(=O)NCC2CN(Cc3ccccc3)CCO2)cc1. The number of hydrogen-bond acceptors (Lipinski definition) is 7. The van der Waals surface area contributed by atoms with E-state index in [9.17, 15) is 18.0 Å². The Balaban J connectivity index is 1.40. The maximum absolute atomic E-state index is 12.2. The number of sulfonamides is 1. The molecule has 1 heterocycles. The van der Waals surface area contributed by atoms with Crippen LogP contribution in [0.3, 0.4) is 0 Å². The Hall–Kier alpha value is -3.05. The van der Waals surface area contributed by atoms with E-state index >= 15 is 0 Å². The van der Waals surface area contributed by atoms with Gasteiger partial charge in [0.1, 0.15) is 0 Å². The lowest BCUT2D eigenvalue weighted by Gasteiger charge is -2.33. The van der Waals surface area contributed by atoms with E-state index in [1.165, 1.54) is 35.9 Å². The van der Waals surface area contributed by atoms with E-state index in [4.69, 9.17) is 9.47 Å². The molecule has 2 aromatic carbocycles. The summed E-state index contributed by atoms with van der Waals surface area (Å²) < 4.78 is 37.2. The Labute approximate surface area is 199 Å². The lowest BCUT2D eigenvalue weighted by Crippen LogP contribution is -2.47. The second kappa shape index (κ2) is 12.4. The van der Waals surface area contributed by atoms with Gasteiger partial charge in [0, 0.05) is 32.7 Å². The molecule has 2 aromatic rings. The van der Waals surface area contributed by atoms with Crippen LogP contribution in [0.4, 0.5) is 0 Å². The molecule has 1 unspecified atom stereocenters. The average molecular weight is 488 g/mol. The van der Waals surface area contributed by atoms with E-state index < -0.39 is 28.5 Å². The largest absolute Gasteiger partial charge is 0.452 e. The van der Waals surface area contributed by atoms with Crippen LogP contribution in [-0.2, 0) is 30.8 Å². The highest BCUT2D eigenvalue weighted by molar-refractivity contribution is 7.89. The molecule has 9 nitrogen and oxygen atoms in total. The molecule has 0 aliphatic carbocycles. The molecule has 1 saturated heterocycles. The van der Waals surface area contributed by atoms with Crippen LogP contribution in [0.15, 0.2) is 72.1 Å². The maximum Gasteiger partial charge on any atom is 0.338 e. The predicted octanol–water partition coefficient (Wildman–Crippen LogP) is 1.32. The number of ether oxygens (including phenoxy) is 2. The van der Waals surface area contributed by atoms with Gasteiger partial charge < -0.3 is 14.8 Å². The summed E-state index contributed by atoms with van der Waals surface area (Å²) in [6, 6.07) is 15.4. The number of carbonyl (C=O) groups is 2. The molecule has 10 heteroatoms. The minimum absolute atomic E-state index is 0.0115. The van der Waals surface area contributed by atoms with Gasteiger partial charge in [0.25, 0.3) is 5.91 Å². The number of rotatable bonds is 11. The highest BCUT2D eigenvalue weighted by Crippen LogP contribution is 2.12. The lowest BCUT2D eigenvalue weighted by atomic mass is 10.2. The zero-order valence-corrected chi connectivity index (χ0v) is 19.6. The number of nitrogens with zero attached hydrogens (tertiary/aromatic N) is 1. The average Bonchev–Trinajstić information content (AvgIpc) is 2.86. The molecule has 1 atom stereocenters. The van der Waals surface area contributed by atoms with Gasteiger partial charge in [0.2, 0.25) is 10.0 Å². The van der Waals surface area contributed by atoms with Gasteiger partial charge in [-0.3, -0.25) is 9.69 Å². The minimum atomic E-state index is -3.68. The van der Waals surface area contributed by atoms with Crippen LogP contribution in [-0.4, -0.2) is 70.7 Å². The van der Waals surface area contributed by atoms with Crippen molar-refractivity contribution < 1.29 is 27.5 Å². The first-order valence-corrected chi connectivity index (χ1v) is 12.4. The Bertz CT molecular complexity index is 1070. The monoisotopic (exact) mass is 487 g/mol. The predicted molar refractivity (Wildman–Crippen MR) is 127 cm³/mol. The molecule has 3 rings (SSSR count). The van der Waals surface area contributed by atoms with Crippen molar-refractivity contribution in [2.24, 2.45) is 0 Å². The van der Waals surface area contributed by atoms with E-state index in [2.05, 4.69) is 33.7 Å². The van der Waals surface area contributed by atoms with Gasteiger partial charge in [-0.05, 0) is 29.8 Å². The Morgan fingerprint density at radius 3 is 2.59 bits per heavy atom. The number of morpholine rings is 1. The van der Waals surface area contributed by atoms with Crippen LogP contribution in [0.1, 0.15) is 15.9 Å². The van der Waals surface area contributed by atoms with Crippen LogP contribution in [0, 0.1) is 0 Å². The van der Waals surface area contributed by atoms with E-state index in [0.717, 1.165) is 13.1 Å². The third-order valence-electron chi connectivity index (χ3n) is 5.15. The topological polar surface area (TPSA) is 114 Å². The first-order valence-electron chi connectivity index (χ1n) is 10.9. The summed E-state index contributed by atoms with van der Waals surface area (Å²) in [6.07, 6.45) is 1.27. The summed E-state index contributed by atoms with van der Waals surface area (Å²) in [5.41, 5.74) is 1.36. The summed E-state index contributed by atoms with van der Waals surface area (Å²) in [5.74, 6) is -1.16. The highest BCUT2D eigenvalue weighted by Gasteiger charge is 2.21. The molecule has 2 N–H and O–H groups in total. The van der Waals surface area contributed by atoms with Crippen LogP contribution < -0.4 is 10.0 Å². The summed E-state index contributed by atoms with van der Waals surface area (Å²) in [5, 5.41) is 2.73. The number of esters is 1. The quantitative estimate of drug-likeness (QED) is 0.363. The highest BCUT2D eigenvalue weighted by atomic mass is 32.2. The van der Waals surface area contributed by atoms with Gasteiger partial charge in [0.15, 0.2) is 6.61 Å². The lowest BCUT2D eigenvalue weighted by molar-refractivity contribution is -0.125. The normalized spacial score (nSPS) is 16.5. The van der Waals surface area contributed by atoms with Gasteiger partial charge in [-0.1, -0.05) is 36.4 Å². The summed E-state index contributed by atoms with van der Waals surface area (Å²) in [6.45, 7) is 6.32. The fraction of sp³-hybridized carbons (Fsp3) is 0.333. The van der Waals surface area contributed by atoms with E-state index in [0.29, 0.717) is 19.7 Å². The van der Waals surface area contributed by atoms with Gasteiger partial charge in [0.05, 0.1) is 23.2 Å². The van der Waals surface area contributed by atoms with Crippen molar-refractivity contribution in [1.82, 2.24) is 14.9 Å². The Morgan fingerprint density at radius 2 is 1.88 bits per heavy atom. The van der Waals surface area contributed by atoms with E-state index in [1.54, 1.807) is 0 Å². The first-order chi connectivity index (χ1) is 16.4. The summed E-state index contributed by atoms with van der Waals surface area (Å²) in [7, 11) is -3.68. The molecule has 0 spiro atoms. The maximum atomic E-state index is 12.2. The summed E-state index contributed by atoms with van der Waals surface area (Å²) >= 11 is 0. The number of benzene rings is 2. The molecule has 1 fully saturated rings. The van der Waals surface area contributed by atoms with Crippen molar-refractivity contribution in [3.63, 3.8) is 0 Å². The van der Waals surface area contributed by atoms with Crippen molar-refractivity contribution in [2.45, 2.75) is 17.5 Å². The molecule has 0 radical (unpaired) electrons. The van der Waals surface area contributed by atoms with Crippen molar-refractivity contribution >= 4 is 21.9 Å². The minimum Gasteiger partial charge on any atom is -0.452 e. The van der Waals surface area contributed by atoms with E-state index in [1.807, 2.05) is 18.2 Å². The van der Waals surface area contributed by atoms with Crippen molar-refractivity contribution in [3.8, 4) is 0 Å². The van der Waals surface area contributed by atoms with Crippen molar-refractivity contribution in [3.05, 3.63) is 78.4 Å². The summed E-state index contributed by atoms with van der Waals surface area (Å²) in [4.78, 5) is 26.6. The van der Waals surface area contributed by atoms with Crippen LogP contribution >= 0.6 is 0 Å². The molecule has 34 heavy (non-hydrogen) atoms. The smallest absolute Gasteiger partial charge is 0.338 e. The standard InChI is InChI=1S/C24H29N3O6S/c1-2-12-26-34(30,31)22-10-8-20(9-11-22)24(29)33-18-23(28)25-15-21-17-27(13-14-32-21)16-19-6-4-3-5-7-19/h2-11,21,26H,1,12-18H2,(H,25,28). The third kappa shape index (κ3) is 7.77. The number of nitrogens with one attached hydrogen (secondary N) is 2. The first kappa shape index (κ1) is 25.6. The Morgan fingerprint density at radius 1 is 1.15 bits per heavy atom. The zero-order valence-electron chi connectivity index (χ0n) is 18.8. The second-order valence-corrected chi connectivity index (χ2v) is 9.53. The molecule has 182 valence electrons.